The Hall–Kier alpha value is -2.47. The zero-order valence-corrected chi connectivity index (χ0v) is 14.6. The number of anilines is 2. The van der Waals surface area contributed by atoms with Crippen LogP contribution >= 0.6 is 11.8 Å². The zero-order valence-electron chi connectivity index (χ0n) is 13.8. The monoisotopic (exact) mass is 353 g/mol. The lowest BCUT2D eigenvalue weighted by Crippen LogP contribution is -2.21. The van der Waals surface area contributed by atoms with Gasteiger partial charge in [0.1, 0.15) is 5.52 Å². The average molecular weight is 353 g/mol. The number of carbonyl (C=O) groups excluding carboxylic acids is 1. The van der Waals surface area contributed by atoms with Crippen molar-refractivity contribution < 1.29 is 9.21 Å². The van der Waals surface area contributed by atoms with Crippen LogP contribution in [0.2, 0.25) is 0 Å². The van der Waals surface area contributed by atoms with Gasteiger partial charge in [-0.25, -0.2) is 4.98 Å². The molecule has 0 spiro atoms. The van der Waals surface area contributed by atoms with Crippen LogP contribution in [0, 0.1) is 0 Å². The van der Waals surface area contributed by atoms with Gasteiger partial charge in [0.15, 0.2) is 5.58 Å². The number of rotatable bonds is 5. The van der Waals surface area contributed by atoms with Crippen molar-refractivity contribution in [3.63, 3.8) is 0 Å². The number of nitrogens with zero attached hydrogens (tertiary/aromatic N) is 2. The molecule has 3 aromatic rings. The quantitative estimate of drug-likeness (QED) is 0.698. The molecule has 1 N–H and O–H groups in total. The summed E-state index contributed by atoms with van der Waals surface area (Å²) in [6.07, 6.45) is 2.41. The Kier molecular flexibility index (Phi) is 4.61. The van der Waals surface area contributed by atoms with Crippen molar-refractivity contribution in [3.8, 4) is 0 Å². The van der Waals surface area contributed by atoms with E-state index in [9.17, 15) is 4.79 Å². The number of carbonyl (C=O) groups is 1. The topological polar surface area (TPSA) is 58.4 Å². The standard InChI is InChI=1S/C19H19N3O2S/c23-18(13-25-19-21-15-8-2-4-10-17(15)24-19)20-14-7-1-3-9-16(14)22-11-5-6-12-22/h1-4,7-10H,5-6,11-13H2,(H,20,23). The Morgan fingerprint density at radius 1 is 1.12 bits per heavy atom. The molecule has 25 heavy (non-hydrogen) atoms. The molecule has 0 radical (unpaired) electrons. The van der Waals surface area contributed by atoms with E-state index in [1.165, 1.54) is 24.6 Å². The second kappa shape index (κ2) is 7.19. The number of para-hydroxylation sites is 4. The average Bonchev–Trinajstić information content (AvgIpc) is 3.30. The minimum Gasteiger partial charge on any atom is -0.431 e. The number of hydrogen-bond donors (Lipinski definition) is 1. The second-order valence-electron chi connectivity index (χ2n) is 6.00. The summed E-state index contributed by atoms with van der Waals surface area (Å²) in [5.74, 6) is 0.208. The summed E-state index contributed by atoms with van der Waals surface area (Å²) in [6.45, 7) is 2.09. The van der Waals surface area contributed by atoms with Crippen molar-refractivity contribution >= 4 is 40.1 Å². The summed E-state index contributed by atoms with van der Waals surface area (Å²) in [5.41, 5.74) is 3.52. The third kappa shape index (κ3) is 3.64. The molecule has 4 rings (SSSR count). The minimum atomic E-state index is -0.0566. The molecule has 1 aromatic heterocycles. The maximum absolute atomic E-state index is 12.3. The van der Waals surface area contributed by atoms with Gasteiger partial charge in [-0.2, -0.15) is 0 Å². The van der Waals surface area contributed by atoms with Gasteiger partial charge in [0.05, 0.1) is 17.1 Å². The molecule has 1 amide bonds. The predicted octanol–water partition coefficient (Wildman–Crippen LogP) is 4.16. The summed E-state index contributed by atoms with van der Waals surface area (Å²) in [5, 5.41) is 3.54. The SMILES string of the molecule is O=C(CSc1nc2ccccc2o1)Nc1ccccc1N1CCCC1. The lowest BCUT2D eigenvalue weighted by molar-refractivity contribution is -0.113. The van der Waals surface area contributed by atoms with Gasteiger partial charge < -0.3 is 14.6 Å². The Morgan fingerprint density at radius 2 is 1.88 bits per heavy atom. The van der Waals surface area contributed by atoms with E-state index in [-0.39, 0.29) is 11.7 Å². The van der Waals surface area contributed by atoms with Crippen molar-refractivity contribution in [1.29, 1.82) is 0 Å². The van der Waals surface area contributed by atoms with E-state index in [1.807, 2.05) is 42.5 Å². The van der Waals surface area contributed by atoms with Crippen LogP contribution in [0.4, 0.5) is 11.4 Å². The summed E-state index contributed by atoms with van der Waals surface area (Å²) >= 11 is 1.31. The van der Waals surface area contributed by atoms with Crippen molar-refractivity contribution in [1.82, 2.24) is 4.98 Å². The van der Waals surface area contributed by atoms with Gasteiger partial charge in [0.25, 0.3) is 5.22 Å². The van der Waals surface area contributed by atoms with E-state index in [2.05, 4.69) is 21.3 Å². The number of aromatic nitrogens is 1. The Balaban J connectivity index is 1.40. The summed E-state index contributed by atoms with van der Waals surface area (Å²) in [6, 6.07) is 15.6. The van der Waals surface area contributed by atoms with Crippen LogP contribution in [0.15, 0.2) is 58.2 Å². The van der Waals surface area contributed by atoms with Crippen molar-refractivity contribution in [2.45, 2.75) is 18.1 Å². The molecule has 1 fully saturated rings. The highest BCUT2D eigenvalue weighted by atomic mass is 32.2. The molecule has 0 atom stereocenters. The van der Waals surface area contributed by atoms with E-state index in [0.29, 0.717) is 5.22 Å². The van der Waals surface area contributed by atoms with Crippen LogP contribution in [0.1, 0.15) is 12.8 Å². The van der Waals surface area contributed by atoms with Crippen LogP contribution in [0.5, 0.6) is 0 Å². The molecule has 0 aliphatic carbocycles. The van der Waals surface area contributed by atoms with E-state index in [0.717, 1.165) is 35.6 Å². The molecule has 1 aliphatic rings. The highest BCUT2D eigenvalue weighted by Crippen LogP contribution is 2.29. The maximum Gasteiger partial charge on any atom is 0.257 e. The summed E-state index contributed by atoms with van der Waals surface area (Å²) in [7, 11) is 0. The largest absolute Gasteiger partial charge is 0.431 e. The smallest absolute Gasteiger partial charge is 0.257 e. The number of hydrogen-bond acceptors (Lipinski definition) is 5. The highest BCUT2D eigenvalue weighted by Gasteiger charge is 2.17. The van der Waals surface area contributed by atoms with Crippen LogP contribution < -0.4 is 10.2 Å². The van der Waals surface area contributed by atoms with Gasteiger partial charge in [0, 0.05) is 13.1 Å². The number of benzene rings is 2. The molecule has 2 aromatic carbocycles. The normalized spacial score (nSPS) is 14.2. The number of oxazole rings is 1. The van der Waals surface area contributed by atoms with Gasteiger partial charge in [-0.1, -0.05) is 36.0 Å². The third-order valence-corrected chi connectivity index (χ3v) is 5.05. The second-order valence-corrected chi connectivity index (χ2v) is 6.92. The van der Waals surface area contributed by atoms with Gasteiger partial charge in [-0.3, -0.25) is 4.79 Å². The fraction of sp³-hybridized carbons (Fsp3) is 0.263. The van der Waals surface area contributed by atoms with Crippen LogP contribution in [0.3, 0.4) is 0 Å². The van der Waals surface area contributed by atoms with E-state index >= 15 is 0 Å². The van der Waals surface area contributed by atoms with E-state index in [4.69, 9.17) is 4.42 Å². The highest BCUT2D eigenvalue weighted by molar-refractivity contribution is 7.99. The maximum atomic E-state index is 12.3. The summed E-state index contributed by atoms with van der Waals surface area (Å²) in [4.78, 5) is 19.1. The van der Waals surface area contributed by atoms with Gasteiger partial charge in [-0.15, -0.1) is 0 Å². The minimum absolute atomic E-state index is 0.0566. The molecular formula is C19H19N3O2S. The van der Waals surface area contributed by atoms with Crippen molar-refractivity contribution in [2.24, 2.45) is 0 Å². The molecule has 6 heteroatoms. The lowest BCUT2D eigenvalue weighted by Gasteiger charge is -2.21. The fourth-order valence-electron chi connectivity index (χ4n) is 3.04. The zero-order chi connectivity index (χ0) is 17.1. The first kappa shape index (κ1) is 16.0. The number of amides is 1. The van der Waals surface area contributed by atoms with Crippen LogP contribution in [0.25, 0.3) is 11.1 Å². The Morgan fingerprint density at radius 3 is 2.72 bits per heavy atom. The Bertz CT molecular complexity index is 854. The van der Waals surface area contributed by atoms with Gasteiger partial charge in [-0.05, 0) is 37.1 Å². The number of nitrogens with one attached hydrogen (secondary N) is 1. The Labute approximate surface area is 150 Å². The van der Waals surface area contributed by atoms with E-state index < -0.39 is 0 Å². The first-order valence-electron chi connectivity index (χ1n) is 8.42. The fourth-order valence-corrected chi connectivity index (χ4v) is 3.68. The number of fused-ring (bicyclic) bond motifs is 1. The predicted molar refractivity (Wildman–Crippen MR) is 101 cm³/mol. The first-order valence-corrected chi connectivity index (χ1v) is 9.40. The molecular weight excluding hydrogens is 334 g/mol. The number of thioether (sulfide) groups is 1. The van der Waals surface area contributed by atoms with E-state index in [1.54, 1.807) is 0 Å². The third-order valence-electron chi connectivity index (χ3n) is 4.23. The van der Waals surface area contributed by atoms with Crippen LogP contribution in [-0.4, -0.2) is 29.7 Å². The lowest BCUT2D eigenvalue weighted by atomic mass is 10.2. The molecule has 0 unspecified atom stereocenters. The molecule has 0 saturated carbocycles. The molecule has 0 bridgehead atoms. The molecule has 128 valence electrons. The van der Waals surface area contributed by atoms with Crippen molar-refractivity contribution in [3.05, 3.63) is 48.5 Å². The van der Waals surface area contributed by atoms with Gasteiger partial charge >= 0.3 is 0 Å². The van der Waals surface area contributed by atoms with Crippen LogP contribution in [-0.2, 0) is 4.79 Å². The van der Waals surface area contributed by atoms with Gasteiger partial charge in [0.2, 0.25) is 5.91 Å². The first-order chi connectivity index (χ1) is 12.3. The molecule has 1 aliphatic heterocycles. The van der Waals surface area contributed by atoms with Crippen molar-refractivity contribution in [2.75, 3.05) is 29.1 Å². The summed E-state index contributed by atoms with van der Waals surface area (Å²) < 4.78 is 5.64. The molecule has 2 heterocycles. The molecule has 1 saturated heterocycles. The molecule has 5 nitrogen and oxygen atoms in total.